The SMILES string of the molecule is CCC(CC)NC(=O)COC(=O)c1c(C)c(-c2cccc(Cl)c2)nc2ccccc12. The zero-order valence-corrected chi connectivity index (χ0v) is 18.1. The van der Waals surface area contributed by atoms with Crippen LogP contribution in [-0.2, 0) is 9.53 Å². The highest BCUT2D eigenvalue weighted by molar-refractivity contribution is 6.30. The van der Waals surface area contributed by atoms with Crippen molar-refractivity contribution in [3.63, 3.8) is 0 Å². The Hall–Kier alpha value is -2.92. The fourth-order valence-electron chi connectivity index (χ4n) is 3.45. The maximum atomic E-state index is 13.0. The maximum Gasteiger partial charge on any atom is 0.339 e. The molecule has 0 aliphatic rings. The zero-order chi connectivity index (χ0) is 21.7. The van der Waals surface area contributed by atoms with Crippen molar-refractivity contribution in [1.29, 1.82) is 0 Å². The number of hydrogen-bond acceptors (Lipinski definition) is 4. The highest BCUT2D eigenvalue weighted by Crippen LogP contribution is 2.31. The Morgan fingerprint density at radius 3 is 2.53 bits per heavy atom. The number of esters is 1. The minimum atomic E-state index is -0.547. The number of fused-ring (bicyclic) bond motifs is 1. The van der Waals surface area contributed by atoms with Gasteiger partial charge in [-0.1, -0.05) is 55.8 Å². The quantitative estimate of drug-likeness (QED) is 0.521. The van der Waals surface area contributed by atoms with Gasteiger partial charge in [-0.2, -0.15) is 0 Å². The number of benzene rings is 2. The maximum absolute atomic E-state index is 13.0. The molecule has 1 aromatic heterocycles. The first-order valence-electron chi connectivity index (χ1n) is 10.1. The molecule has 1 heterocycles. The summed E-state index contributed by atoms with van der Waals surface area (Å²) < 4.78 is 5.38. The Balaban J connectivity index is 1.95. The summed E-state index contributed by atoms with van der Waals surface area (Å²) in [5.74, 6) is -0.850. The molecule has 1 amide bonds. The lowest BCUT2D eigenvalue weighted by atomic mass is 9.98. The summed E-state index contributed by atoms with van der Waals surface area (Å²) in [6, 6.07) is 14.8. The highest BCUT2D eigenvalue weighted by Gasteiger charge is 2.21. The number of nitrogens with one attached hydrogen (secondary N) is 1. The Labute approximate surface area is 181 Å². The number of rotatable bonds is 7. The van der Waals surface area contributed by atoms with E-state index in [1.165, 1.54) is 0 Å². The molecule has 0 saturated heterocycles. The van der Waals surface area contributed by atoms with Crippen molar-refractivity contribution in [2.24, 2.45) is 0 Å². The van der Waals surface area contributed by atoms with Crippen molar-refractivity contribution < 1.29 is 14.3 Å². The Kier molecular flexibility index (Phi) is 7.06. The summed E-state index contributed by atoms with van der Waals surface area (Å²) in [5, 5.41) is 4.15. The lowest BCUT2D eigenvalue weighted by Gasteiger charge is -2.16. The second-order valence-corrected chi connectivity index (χ2v) is 7.58. The molecule has 0 radical (unpaired) electrons. The molecule has 30 heavy (non-hydrogen) atoms. The number of aromatic nitrogens is 1. The standard InChI is InChI=1S/C24H25ClN2O3/c1-4-18(5-2)26-21(28)14-30-24(29)22-15(3)23(16-9-8-10-17(25)13-16)27-20-12-7-6-11-19(20)22/h6-13,18H,4-5,14H2,1-3H3,(H,26,28). The average molecular weight is 425 g/mol. The number of pyridine rings is 1. The van der Waals surface area contributed by atoms with E-state index >= 15 is 0 Å². The predicted molar refractivity (Wildman–Crippen MR) is 120 cm³/mol. The van der Waals surface area contributed by atoms with Crippen molar-refractivity contribution in [1.82, 2.24) is 10.3 Å². The molecule has 0 fully saturated rings. The number of nitrogens with zero attached hydrogens (tertiary/aromatic N) is 1. The van der Waals surface area contributed by atoms with E-state index in [0.717, 1.165) is 18.4 Å². The largest absolute Gasteiger partial charge is 0.452 e. The van der Waals surface area contributed by atoms with Crippen LogP contribution < -0.4 is 5.32 Å². The van der Waals surface area contributed by atoms with Gasteiger partial charge in [0.05, 0.1) is 16.8 Å². The van der Waals surface area contributed by atoms with E-state index in [4.69, 9.17) is 21.3 Å². The van der Waals surface area contributed by atoms with Crippen molar-refractivity contribution in [3.05, 3.63) is 64.7 Å². The molecule has 6 heteroatoms. The van der Waals surface area contributed by atoms with Gasteiger partial charge in [-0.25, -0.2) is 9.78 Å². The summed E-state index contributed by atoms with van der Waals surface area (Å²) in [6.45, 7) is 5.52. The second-order valence-electron chi connectivity index (χ2n) is 7.14. The third kappa shape index (κ3) is 4.79. The molecule has 0 unspecified atom stereocenters. The Morgan fingerprint density at radius 1 is 1.10 bits per heavy atom. The molecule has 0 saturated carbocycles. The highest BCUT2D eigenvalue weighted by atomic mass is 35.5. The first-order valence-corrected chi connectivity index (χ1v) is 10.4. The molecule has 156 valence electrons. The summed E-state index contributed by atoms with van der Waals surface area (Å²) in [6.07, 6.45) is 1.65. The number of hydrogen-bond donors (Lipinski definition) is 1. The molecular weight excluding hydrogens is 400 g/mol. The minimum absolute atomic E-state index is 0.0779. The van der Waals surface area contributed by atoms with Crippen LogP contribution in [0.4, 0.5) is 0 Å². The number of carbonyl (C=O) groups is 2. The number of amides is 1. The van der Waals surface area contributed by atoms with E-state index in [1.54, 1.807) is 6.07 Å². The minimum Gasteiger partial charge on any atom is -0.452 e. The molecule has 2 aromatic carbocycles. The van der Waals surface area contributed by atoms with E-state index in [0.29, 0.717) is 32.7 Å². The van der Waals surface area contributed by atoms with Gasteiger partial charge in [-0.3, -0.25) is 4.79 Å². The van der Waals surface area contributed by atoms with E-state index in [2.05, 4.69) is 5.32 Å². The summed E-state index contributed by atoms with van der Waals surface area (Å²) in [4.78, 5) is 29.9. The third-order valence-electron chi connectivity index (χ3n) is 5.12. The van der Waals surface area contributed by atoms with Gasteiger partial charge in [-0.05, 0) is 43.5 Å². The molecule has 0 aliphatic heterocycles. The summed E-state index contributed by atoms with van der Waals surface area (Å²) in [5.41, 5.74) is 3.23. The van der Waals surface area contributed by atoms with Crippen LogP contribution in [-0.4, -0.2) is 29.5 Å². The molecule has 5 nitrogen and oxygen atoms in total. The van der Waals surface area contributed by atoms with Gasteiger partial charge < -0.3 is 10.1 Å². The van der Waals surface area contributed by atoms with Crippen LogP contribution in [0.2, 0.25) is 5.02 Å². The number of carbonyl (C=O) groups excluding carboxylic acids is 2. The molecule has 0 atom stereocenters. The van der Waals surface area contributed by atoms with E-state index < -0.39 is 5.97 Å². The van der Waals surface area contributed by atoms with Gasteiger partial charge >= 0.3 is 5.97 Å². The van der Waals surface area contributed by atoms with Gasteiger partial charge in [0.25, 0.3) is 5.91 Å². The van der Waals surface area contributed by atoms with Crippen molar-refractivity contribution in [2.45, 2.75) is 39.7 Å². The van der Waals surface area contributed by atoms with Crippen LogP contribution in [0.5, 0.6) is 0 Å². The van der Waals surface area contributed by atoms with Gasteiger partial charge in [0.2, 0.25) is 0 Å². The smallest absolute Gasteiger partial charge is 0.339 e. The first kappa shape index (κ1) is 21.8. The van der Waals surface area contributed by atoms with Crippen LogP contribution in [0.1, 0.15) is 42.6 Å². The van der Waals surface area contributed by atoms with Crippen molar-refractivity contribution in [2.75, 3.05) is 6.61 Å². The summed E-state index contributed by atoms with van der Waals surface area (Å²) in [7, 11) is 0. The van der Waals surface area contributed by atoms with Gasteiger partial charge in [0.15, 0.2) is 6.61 Å². The molecule has 0 aliphatic carbocycles. The molecule has 1 N–H and O–H groups in total. The number of para-hydroxylation sites is 1. The van der Waals surface area contributed by atoms with Crippen LogP contribution >= 0.6 is 11.6 Å². The topological polar surface area (TPSA) is 68.3 Å². The van der Waals surface area contributed by atoms with Crippen molar-refractivity contribution in [3.8, 4) is 11.3 Å². The van der Waals surface area contributed by atoms with Crippen LogP contribution in [0, 0.1) is 6.92 Å². The Bertz CT molecular complexity index is 1080. The second kappa shape index (κ2) is 9.72. The molecular formula is C24H25ClN2O3. The fraction of sp³-hybridized carbons (Fsp3) is 0.292. The summed E-state index contributed by atoms with van der Waals surface area (Å²) >= 11 is 6.15. The molecule has 3 aromatic rings. The van der Waals surface area contributed by atoms with E-state index in [1.807, 2.05) is 63.2 Å². The van der Waals surface area contributed by atoms with Crippen molar-refractivity contribution >= 4 is 34.4 Å². The fourth-order valence-corrected chi connectivity index (χ4v) is 3.64. The normalized spacial score (nSPS) is 11.0. The lowest BCUT2D eigenvalue weighted by Crippen LogP contribution is -2.36. The van der Waals surface area contributed by atoms with Crippen LogP contribution in [0.15, 0.2) is 48.5 Å². The first-order chi connectivity index (χ1) is 14.4. The zero-order valence-electron chi connectivity index (χ0n) is 17.4. The lowest BCUT2D eigenvalue weighted by molar-refractivity contribution is -0.125. The molecule has 3 rings (SSSR count). The third-order valence-corrected chi connectivity index (χ3v) is 5.36. The van der Waals surface area contributed by atoms with Gasteiger partial charge in [0.1, 0.15) is 0 Å². The number of halogens is 1. The average Bonchev–Trinajstić information content (AvgIpc) is 2.75. The Morgan fingerprint density at radius 2 is 1.83 bits per heavy atom. The monoisotopic (exact) mass is 424 g/mol. The molecule has 0 bridgehead atoms. The van der Waals surface area contributed by atoms with Gasteiger partial charge in [0, 0.05) is 22.0 Å². The van der Waals surface area contributed by atoms with Crippen LogP contribution in [0.3, 0.4) is 0 Å². The van der Waals surface area contributed by atoms with E-state index in [-0.39, 0.29) is 18.6 Å². The van der Waals surface area contributed by atoms with E-state index in [9.17, 15) is 9.59 Å². The molecule has 0 spiro atoms. The van der Waals surface area contributed by atoms with Crippen LogP contribution in [0.25, 0.3) is 22.2 Å². The predicted octanol–water partition coefficient (Wildman–Crippen LogP) is 5.33. The van der Waals surface area contributed by atoms with Gasteiger partial charge in [-0.15, -0.1) is 0 Å². The number of ether oxygens (including phenoxy) is 1.